The monoisotopic (exact) mass is 432 g/mol. The minimum atomic E-state index is -4.29. The summed E-state index contributed by atoms with van der Waals surface area (Å²) in [6.45, 7) is 4.68. The van der Waals surface area contributed by atoms with E-state index in [9.17, 15) is 13.2 Å². The SMILES string of the molecule is CC/C=C\C1=C(C)NC=N/C1=C(\N)C1CCC(NCc2ccc(C(F)(F)F)cc2)CC1. The molecule has 0 spiro atoms. The van der Waals surface area contributed by atoms with Crippen molar-refractivity contribution >= 4 is 6.34 Å². The third-order valence-electron chi connectivity index (χ3n) is 5.97. The molecular formula is C24H31F3N4. The van der Waals surface area contributed by atoms with Gasteiger partial charge in [0.15, 0.2) is 0 Å². The van der Waals surface area contributed by atoms with Crippen LogP contribution in [0.15, 0.2) is 64.1 Å². The minimum absolute atomic E-state index is 0.284. The number of nitrogens with two attached hydrogens (primary N) is 1. The van der Waals surface area contributed by atoms with Crippen LogP contribution in [-0.2, 0) is 12.7 Å². The van der Waals surface area contributed by atoms with Crippen LogP contribution in [0.4, 0.5) is 13.2 Å². The van der Waals surface area contributed by atoms with Gasteiger partial charge in [-0.25, -0.2) is 4.99 Å². The first-order valence-electron chi connectivity index (χ1n) is 10.9. The van der Waals surface area contributed by atoms with Crippen LogP contribution in [0.2, 0.25) is 0 Å². The first-order valence-corrected chi connectivity index (χ1v) is 10.9. The molecule has 4 nitrogen and oxygen atoms in total. The largest absolute Gasteiger partial charge is 0.416 e. The lowest BCUT2D eigenvalue weighted by Gasteiger charge is -2.31. The lowest BCUT2D eigenvalue weighted by atomic mass is 9.82. The second-order valence-corrected chi connectivity index (χ2v) is 8.18. The highest BCUT2D eigenvalue weighted by atomic mass is 19.4. The molecule has 31 heavy (non-hydrogen) atoms. The average molecular weight is 433 g/mol. The normalized spacial score (nSPS) is 23.9. The van der Waals surface area contributed by atoms with Crippen LogP contribution < -0.4 is 16.4 Å². The second kappa shape index (κ2) is 10.2. The van der Waals surface area contributed by atoms with Crippen molar-refractivity contribution in [3.05, 3.63) is 70.2 Å². The number of allylic oxidation sites excluding steroid dienone is 4. The number of alkyl halides is 3. The quantitative estimate of drug-likeness (QED) is 0.564. The predicted molar refractivity (Wildman–Crippen MR) is 119 cm³/mol. The van der Waals surface area contributed by atoms with Crippen LogP contribution in [0, 0.1) is 5.92 Å². The molecule has 0 amide bonds. The molecule has 0 aromatic heterocycles. The molecule has 0 saturated heterocycles. The summed E-state index contributed by atoms with van der Waals surface area (Å²) in [5.74, 6) is 0.284. The summed E-state index contributed by atoms with van der Waals surface area (Å²) >= 11 is 0. The molecule has 1 saturated carbocycles. The number of nitrogens with one attached hydrogen (secondary N) is 2. The first kappa shape index (κ1) is 23.1. The number of nitrogens with zero attached hydrogens (tertiary/aromatic N) is 1. The molecule has 1 heterocycles. The lowest BCUT2D eigenvalue weighted by Crippen LogP contribution is -2.34. The van der Waals surface area contributed by atoms with Gasteiger partial charge in [0.2, 0.25) is 0 Å². The van der Waals surface area contributed by atoms with Gasteiger partial charge in [0, 0.05) is 35.5 Å². The van der Waals surface area contributed by atoms with Crippen molar-refractivity contribution in [3.63, 3.8) is 0 Å². The van der Waals surface area contributed by atoms with E-state index in [-0.39, 0.29) is 5.92 Å². The van der Waals surface area contributed by atoms with Crippen LogP contribution in [-0.4, -0.2) is 12.4 Å². The molecule has 1 aromatic carbocycles. The van der Waals surface area contributed by atoms with E-state index in [1.54, 1.807) is 18.5 Å². The van der Waals surface area contributed by atoms with E-state index in [1.165, 1.54) is 0 Å². The second-order valence-electron chi connectivity index (χ2n) is 8.18. The van der Waals surface area contributed by atoms with E-state index in [2.05, 4.69) is 34.7 Å². The standard InChI is InChI=1S/C24H31F3N4/c1-3-4-5-21-16(2)30-15-31-23(21)22(28)18-8-12-20(13-9-18)29-14-17-6-10-19(11-7-17)24(25,26)27/h4-7,10-11,15,18,20,29H,3,8-9,12-14,28H2,1-2H3,(H,30,31)/b5-4-,23-22-. The predicted octanol–water partition coefficient (Wildman–Crippen LogP) is 5.40. The van der Waals surface area contributed by atoms with Gasteiger partial charge in [-0.2, -0.15) is 13.2 Å². The van der Waals surface area contributed by atoms with Crippen LogP contribution in [0.5, 0.6) is 0 Å². The fourth-order valence-electron chi connectivity index (χ4n) is 4.06. The molecule has 0 bridgehead atoms. The van der Waals surface area contributed by atoms with Gasteiger partial charge in [0.1, 0.15) is 0 Å². The van der Waals surface area contributed by atoms with Gasteiger partial charge in [0.25, 0.3) is 0 Å². The Morgan fingerprint density at radius 2 is 1.87 bits per heavy atom. The zero-order chi connectivity index (χ0) is 22.4. The fourth-order valence-corrected chi connectivity index (χ4v) is 4.06. The molecule has 7 heteroatoms. The smallest absolute Gasteiger partial charge is 0.400 e. The zero-order valence-electron chi connectivity index (χ0n) is 18.1. The number of aliphatic imine (C=N–C) groups is 1. The highest BCUT2D eigenvalue weighted by Gasteiger charge is 2.30. The van der Waals surface area contributed by atoms with Crippen molar-refractivity contribution in [3.8, 4) is 0 Å². The Morgan fingerprint density at radius 3 is 2.48 bits per heavy atom. The summed E-state index contributed by atoms with van der Waals surface area (Å²) in [6.07, 6.45) is 6.42. The Labute approximate surface area is 182 Å². The van der Waals surface area contributed by atoms with Gasteiger partial charge in [-0.3, -0.25) is 0 Å². The summed E-state index contributed by atoms with van der Waals surface area (Å²) < 4.78 is 38.1. The van der Waals surface area contributed by atoms with Crippen LogP contribution in [0.3, 0.4) is 0 Å². The van der Waals surface area contributed by atoms with Crippen molar-refractivity contribution in [1.29, 1.82) is 0 Å². The van der Waals surface area contributed by atoms with Gasteiger partial charge in [0.05, 0.1) is 17.6 Å². The highest BCUT2D eigenvalue weighted by molar-refractivity contribution is 5.67. The Balaban J connectivity index is 1.56. The Bertz CT molecular complexity index is 871. The van der Waals surface area contributed by atoms with Crippen molar-refractivity contribution in [2.75, 3.05) is 0 Å². The molecule has 1 aliphatic carbocycles. The molecule has 4 N–H and O–H groups in total. The van der Waals surface area contributed by atoms with Gasteiger partial charge >= 0.3 is 6.18 Å². The summed E-state index contributed by atoms with van der Waals surface area (Å²) in [6, 6.07) is 5.70. The lowest BCUT2D eigenvalue weighted by molar-refractivity contribution is -0.137. The zero-order valence-corrected chi connectivity index (χ0v) is 18.1. The van der Waals surface area contributed by atoms with Crippen LogP contribution >= 0.6 is 0 Å². The van der Waals surface area contributed by atoms with E-state index in [0.29, 0.717) is 12.6 Å². The summed E-state index contributed by atoms with van der Waals surface area (Å²) in [7, 11) is 0. The molecule has 1 fully saturated rings. The fraction of sp³-hybridized carbons (Fsp3) is 0.458. The highest BCUT2D eigenvalue weighted by Crippen LogP contribution is 2.33. The summed E-state index contributed by atoms with van der Waals surface area (Å²) in [5.41, 5.74) is 10.6. The molecule has 1 aromatic rings. The molecule has 0 radical (unpaired) electrons. The molecule has 168 valence electrons. The molecule has 0 atom stereocenters. The average Bonchev–Trinajstić information content (AvgIpc) is 2.76. The van der Waals surface area contributed by atoms with Crippen molar-refractivity contribution in [2.45, 2.75) is 64.7 Å². The summed E-state index contributed by atoms with van der Waals surface area (Å²) in [4.78, 5) is 4.52. The molecular weight excluding hydrogens is 401 g/mol. The third-order valence-corrected chi connectivity index (χ3v) is 5.97. The van der Waals surface area contributed by atoms with E-state index in [0.717, 1.165) is 72.5 Å². The van der Waals surface area contributed by atoms with Crippen molar-refractivity contribution in [1.82, 2.24) is 10.6 Å². The summed E-state index contributed by atoms with van der Waals surface area (Å²) in [5, 5.41) is 6.63. The van der Waals surface area contributed by atoms with Crippen LogP contribution in [0.25, 0.3) is 0 Å². The molecule has 3 rings (SSSR count). The molecule has 2 aliphatic rings. The Morgan fingerprint density at radius 1 is 1.19 bits per heavy atom. The van der Waals surface area contributed by atoms with Gasteiger partial charge in [-0.15, -0.1) is 0 Å². The van der Waals surface area contributed by atoms with Gasteiger partial charge < -0.3 is 16.4 Å². The maximum absolute atomic E-state index is 12.7. The van der Waals surface area contributed by atoms with E-state index >= 15 is 0 Å². The third kappa shape index (κ3) is 6.00. The maximum Gasteiger partial charge on any atom is 0.416 e. The number of hydrogen-bond acceptors (Lipinski definition) is 4. The van der Waals surface area contributed by atoms with Crippen LogP contribution in [0.1, 0.15) is 57.1 Å². The first-order chi connectivity index (χ1) is 14.8. The maximum atomic E-state index is 12.7. The van der Waals surface area contributed by atoms with E-state index in [1.807, 2.05) is 6.92 Å². The number of halogens is 3. The van der Waals surface area contributed by atoms with Gasteiger partial charge in [-0.05, 0) is 56.7 Å². The van der Waals surface area contributed by atoms with Crippen molar-refractivity contribution < 1.29 is 13.2 Å². The molecule has 0 unspecified atom stereocenters. The topological polar surface area (TPSA) is 62.4 Å². The Hall–Kier alpha value is -2.54. The number of benzene rings is 1. The van der Waals surface area contributed by atoms with E-state index < -0.39 is 11.7 Å². The van der Waals surface area contributed by atoms with E-state index in [4.69, 9.17) is 5.73 Å². The van der Waals surface area contributed by atoms with Crippen molar-refractivity contribution in [2.24, 2.45) is 16.6 Å². The Kier molecular flexibility index (Phi) is 7.59. The minimum Gasteiger partial charge on any atom is -0.400 e. The molecule has 1 aliphatic heterocycles. The number of rotatable bonds is 6. The number of hydrogen-bond donors (Lipinski definition) is 3. The van der Waals surface area contributed by atoms with Gasteiger partial charge in [-0.1, -0.05) is 31.2 Å².